The number of ether oxygens (including phenoxy) is 2. The van der Waals surface area contributed by atoms with Crippen molar-refractivity contribution in [2.24, 2.45) is 0 Å². The molecule has 0 bridgehead atoms. The predicted octanol–water partition coefficient (Wildman–Crippen LogP) is 1.35. The second-order valence-electron chi connectivity index (χ2n) is 4.33. The van der Waals surface area contributed by atoms with Gasteiger partial charge >= 0.3 is 11.9 Å². The molecule has 0 aliphatic carbocycles. The predicted molar refractivity (Wildman–Crippen MR) is 80.9 cm³/mol. The number of thiol groups is 2. The number of carbonyl (C=O) groups is 2. The molecule has 0 spiro atoms. The van der Waals surface area contributed by atoms with Crippen LogP contribution in [-0.2, 0) is 19.1 Å². The Balaban J connectivity index is 3.38. The minimum atomic E-state index is -0.997. The van der Waals surface area contributed by atoms with Crippen LogP contribution in [0.5, 0.6) is 0 Å². The first-order valence-corrected chi connectivity index (χ1v) is 7.40. The van der Waals surface area contributed by atoms with Gasteiger partial charge < -0.3 is 19.7 Å². The van der Waals surface area contributed by atoms with Crippen LogP contribution in [0.1, 0.15) is 25.7 Å². The normalized spacial score (nSPS) is 13.9. The molecule has 118 valence electrons. The maximum atomic E-state index is 10.5. The van der Waals surface area contributed by atoms with Crippen molar-refractivity contribution in [2.75, 3.05) is 26.4 Å². The zero-order chi connectivity index (χ0) is 15.4. The molecule has 0 aliphatic heterocycles. The average Bonchev–Trinajstić information content (AvgIpc) is 2.34. The summed E-state index contributed by atoms with van der Waals surface area (Å²) < 4.78 is 10.1. The van der Waals surface area contributed by atoms with Gasteiger partial charge in [-0.25, -0.2) is 4.79 Å². The molecule has 0 heterocycles. The Hall–Kier alpha value is -0.440. The molecule has 0 rings (SSSR count). The van der Waals surface area contributed by atoms with Crippen LogP contribution < -0.4 is 0 Å². The fourth-order valence-electron chi connectivity index (χ4n) is 1.43. The molecule has 8 heteroatoms. The molecule has 20 heavy (non-hydrogen) atoms. The molecular formula is C12H22O6S2. The highest BCUT2D eigenvalue weighted by Gasteiger charge is 2.11. The van der Waals surface area contributed by atoms with Gasteiger partial charge in [0.1, 0.15) is 6.61 Å². The Morgan fingerprint density at radius 3 is 2.05 bits per heavy atom. The summed E-state index contributed by atoms with van der Waals surface area (Å²) in [7, 11) is 0. The highest BCUT2D eigenvalue weighted by atomic mass is 32.1. The number of hydrogen-bond acceptors (Lipinski definition) is 6. The van der Waals surface area contributed by atoms with E-state index in [1.165, 1.54) is 0 Å². The number of rotatable bonds is 13. The third kappa shape index (κ3) is 14.0. The zero-order valence-electron chi connectivity index (χ0n) is 11.2. The third-order valence-electron chi connectivity index (χ3n) is 2.44. The maximum absolute atomic E-state index is 10.5. The molecule has 0 aromatic rings. The Morgan fingerprint density at radius 1 is 0.850 bits per heavy atom. The summed E-state index contributed by atoms with van der Waals surface area (Å²) in [5.74, 6) is -1.84. The molecule has 0 radical (unpaired) electrons. The molecule has 2 atom stereocenters. The number of carboxylic acids is 2. The summed E-state index contributed by atoms with van der Waals surface area (Å²) in [6.07, 6.45) is 2.28. The SMILES string of the molecule is O=C(O)COCCOCCC(S)CCC(S)CC(=O)O. The first kappa shape index (κ1) is 19.6. The van der Waals surface area contributed by atoms with Crippen LogP contribution in [0.4, 0.5) is 0 Å². The highest BCUT2D eigenvalue weighted by Crippen LogP contribution is 2.16. The van der Waals surface area contributed by atoms with Crippen LogP contribution in [-0.4, -0.2) is 59.1 Å². The van der Waals surface area contributed by atoms with Crippen molar-refractivity contribution in [1.82, 2.24) is 0 Å². The molecule has 0 amide bonds. The lowest BCUT2D eigenvalue weighted by atomic mass is 10.1. The molecule has 0 saturated heterocycles. The van der Waals surface area contributed by atoms with Gasteiger partial charge in [-0.05, 0) is 19.3 Å². The highest BCUT2D eigenvalue weighted by molar-refractivity contribution is 7.81. The summed E-state index contributed by atoms with van der Waals surface area (Å²) >= 11 is 8.59. The fourth-order valence-corrected chi connectivity index (χ4v) is 1.99. The first-order chi connectivity index (χ1) is 9.41. The van der Waals surface area contributed by atoms with E-state index < -0.39 is 11.9 Å². The van der Waals surface area contributed by atoms with E-state index in [0.717, 1.165) is 12.8 Å². The minimum absolute atomic E-state index is 0.0566. The Morgan fingerprint density at radius 2 is 1.45 bits per heavy atom. The number of aliphatic carboxylic acids is 2. The summed E-state index contributed by atoms with van der Waals surface area (Å²) in [4.78, 5) is 20.6. The lowest BCUT2D eigenvalue weighted by Crippen LogP contribution is -2.14. The van der Waals surface area contributed by atoms with Gasteiger partial charge in [-0.1, -0.05) is 0 Å². The average molecular weight is 326 g/mol. The van der Waals surface area contributed by atoms with Crippen LogP contribution in [0.25, 0.3) is 0 Å². The van der Waals surface area contributed by atoms with Crippen molar-refractivity contribution in [3.05, 3.63) is 0 Å². The largest absolute Gasteiger partial charge is 0.481 e. The topological polar surface area (TPSA) is 93.1 Å². The van der Waals surface area contributed by atoms with E-state index in [-0.39, 0.29) is 30.1 Å². The van der Waals surface area contributed by atoms with E-state index in [9.17, 15) is 9.59 Å². The summed E-state index contributed by atoms with van der Waals surface area (Å²) in [5.41, 5.74) is 0. The molecule has 0 saturated carbocycles. The van der Waals surface area contributed by atoms with Crippen molar-refractivity contribution in [2.45, 2.75) is 36.2 Å². The summed E-state index contributed by atoms with van der Waals surface area (Å²) in [5, 5.41) is 16.9. The lowest BCUT2D eigenvalue weighted by molar-refractivity contribution is -0.142. The molecule has 6 nitrogen and oxygen atoms in total. The van der Waals surface area contributed by atoms with Gasteiger partial charge in [0.25, 0.3) is 0 Å². The molecule has 0 aromatic heterocycles. The van der Waals surface area contributed by atoms with Crippen LogP contribution in [0, 0.1) is 0 Å². The van der Waals surface area contributed by atoms with Crippen LogP contribution in [0.2, 0.25) is 0 Å². The van der Waals surface area contributed by atoms with E-state index >= 15 is 0 Å². The Kier molecular flexibility index (Phi) is 12.0. The Labute approximate surface area is 129 Å². The summed E-state index contributed by atoms with van der Waals surface area (Å²) in [6, 6.07) is 0. The van der Waals surface area contributed by atoms with Gasteiger partial charge in [0.15, 0.2) is 0 Å². The smallest absolute Gasteiger partial charge is 0.329 e. The Bertz CT molecular complexity index is 287. The van der Waals surface area contributed by atoms with Gasteiger partial charge in [0, 0.05) is 17.1 Å². The maximum Gasteiger partial charge on any atom is 0.329 e. The molecular weight excluding hydrogens is 304 g/mol. The summed E-state index contributed by atoms with van der Waals surface area (Å²) in [6.45, 7) is 0.801. The number of carboxylic acid groups (broad SMARTS) is 2. The van der Waals surface area contributed by atoms with E-state index in [1.54, 1.807) is 0 Å². The van der Waals surface area contributed by atoms with Gasteiger partial charge in [0.2, 0.25) is 0 Å². The quantitative estimate of drug-likeness (QED) is 0.301. The van der Waals surface area contributed by atoms with Crippen molar-refractivity contribution < 1.29 is 29.3 Å². The second kappa shape index (κ2) is 12.3. The molecule has 0 fully saturated rings. The van der Waals surface area contributed by atoms with Crippen molar-refractivity contribution in [1.29, 1.82) is 0 Å². The van der Waals surface area contributed by atoms with Crippen LogP contribution >= 0.6 is 25.3 Å². The van der Waals surface area contributed by atoms with Gasteiger partial charge in [-0.15, -0.1) is 0 Å². The fraction of sp³-hybridized carbons (Fsp3) is 0.833. The van der Waals surface area contributed by atoms with Crippen molar-refractivity contribution in [3.63, 3.8) is 0 Å². The molecule has 0 aromatic carbocycles. The van der Waals surface area contributed by atoms with E-state index in [2.05, 4.69) is 25.3 Å². The third-order valence-corrected chi connectivity index (χ3v) is 3.39. The zero-order valence-corrected chi connectivity index (χ0v) is 13.0. The number of hydrogen-bond donors (Lipinski definition) is 4. The van der Waals surface area contributed by atoms with Gasteiger partial charge in [0.05, 0.1) is 19.6 Å². The molecule has 2 unspecified atom stereocenters. The standard InChI is InChI=1S/C12H22O6S2/c13-11(14)7-10(20)2-1-9(19)3-4-17-5-6-18-8-12(15)16/h9-10,19-20H,1-8H2,(H,13,14)(H,15,16). The van der Waals surface area contributed by atoms with Gasteiger partial charge in [-0.2, -0.15) is 25.3 Å². The molecule has 2 N–H and O–H groups in total. The van der Waals surface area contributed by atoms with E-state index in [0.29, 0.717) is 19.6 Å². The van der Waals surface area contributed by atoms with Crippen LogP contribution in [0.15, 0.2) is 0 Å². The second-order valence-corrected chi connectivity index (χ2v) is 5.79. The lowest BCUT2D eigenvalue weighted by Gasteiger charge is -2.13. The van der Waals surface area contributed by atoms with Crippen LogP contribution in [0.3, 0.4) is 0 Å². The monoisotopic (exact) mass is 326 g/mol. The van der Waals surface area contributed by atoms with Crippen molar-refractivity contribution >= 4 is 37.2 Å². The first-order valence-electron chi connectivity index (χ1n) is 6.37. The molecule has 0 aliphatic rings. The van der Waals surface area contributed by atoms with Gasteiger partial charge in [-0.3, -0.25) is 4.79 Å². The van der Waals surface area contributed by atoms with E-state index in [1.807, 2.05) is 0 Å². The van der Waals surface area contributed by atoms with E-state index in [4.69, 9.17) is 19.7 Å². The van der Waals surface area contributed by atoms with Crippen molar-refractivity contribution in [3.8, 4) is 0 Å². The minimum Gasteiger partial charge on any atom is -0.481 e.